The first-order valence-corrected chi connectivity index (χ1v) is 12.8. The van der Waals surface area contributed by atoms with Gasteiger partial charge in [-0.1, -0.05) is 59.9 Å². The van der Waals surface area contributed by atoms with E-state index in [4.69, 9.17) is 16.7 Å². The molecule has 5 rings (SSSR count). The molecule has 6 heteroatoms. The maximum Gasteiger partial charge on any atom is 0.0841 e. The zero-order chi connectivity index (χ0) is 22.7. The lowest BCUT2D eigenvalue weighted by atomic mass is 9.97. The Morgan fingerprint density at radius 2 is 1.91 bits per heavy atom. The second kappa shape index (κ2) is 9.94. The summed E-state index contributed by atoms with van der Waals surface area (Å²) in [6.07, 6.45) is 5.28. The van der Waals surface area contributed by atoms with Crippen molar-refractivity contribution in [3.63, 3.8) is 0 Å². The van der Waals surface area contributed by atoms with Crippen LogP contribution < -0.4 is 5.14 Å². The summed E-state index contributed by atoms with van der Waals surface area (Å²) in [4.78, 5) is 5.82. The SMILES string of the molecule is CC(C)(O)c1ccnc(-c2cccc3cc(Cc4ccccc4Cl)sc23)c1.NSC1CC1. The number of halogens is 1. The number of fused-ring (bicyclic) bond motifs is 1. The number of hydrogen-bond acceptors (Lipinski definition) is 5. The molecule has 0 aliphatic heterocycles. The van der Waals surface area contributed by atoms with Crippen molar-refractivity contribution in [1.29, 1.82) is 0 Å². The van der Waals surface area contributed by atoms with Crippen molar-refractivity contribution in [2.24, 2.45) is 5.14 Å². The molecule has 1 saturated carbocycles. The van der Waals surface area contributed by atoms with Crippen LogP contribution in [0.5, 0.6) is 0 Å². The molecule has 0 radical (unpaired) electrons. The van der Waals surface area contributed by atoms with Crippen LogP contribution in [0.1, 0.15) is 42.7 Å². The van der Waals surface area contributed by atoms with Gasteiger partial charge in [-0.3, -0.25) is 10.1 Å². The van der Waals surface area contributed by atoms with Gasteiger partial charge < -0.3 is 5.11 Å². The third-order valence-corrected chi connectivity index (χ3v) is 7.79. The fraction of sp³-hybridized carbons (Fsp3) is 0.269. The van der Waals surface area contributed by atoms with Crippen molar-refractivity contribution in [3.8, 4) is 11.3 Å². The molecule has 1 aliphatic rings. The predicted octanol–water partition coefficient (Wildman–Crippen LogP) is 7.19. The molecule has 32 heavy (non-hydrogen) atoms. The summed E-state index contributed by atoms with van der Waals surface area (Å²) < 4.78 is 1.21. The van der Waals surface area contributed by atoms with E-state index in [1.165, 1.54) is 39.8 Å². The number of nitrogens with zero attached hydrogens (tertiary/aromatic N) is 1. The van der Waals surface area contributed by atoms with E-state index in [1.807, 2.05) is 30.3 Å². The van der Waals surface area contributed by atoms with Crippen LogP contribution in [0.3, 0.4) is 0 Å². The van der Waals surface area contributed by atoms with E-state index in [-0.39, 0.29) is 0 Å². The Hall–Kier alpha value is -1.89. The molecule has 2 heterocycles. The van der Waals surface area contributed by atoms with Crippen LogP contribution in [-0.4, -0.2) is 15.3 Å². The van der Waals surface area contributed by atoms with Gasteiger partial charge in [-0.05, 0) is 67.5 Å². The first-order chi connectivity index (χ1) is 15.3. The maximum atomic E-state index is 10.3. The lowest BCUT2D eigenvalue weighted by Gasteiger charge is -2.18. The molecule has 0 saturated heterocycles. The van der Waals surface area contributed by atoms with Crippen molar-refractivity contribution in [1.82, 2.24) is 4.98 Å². The topological polar surface area (TPSA) is 59.1 Å². The fourth-order valence-corrected chi connectivity index (χ4v) is 5.21. The highest BCUT2D eigenvalue weighted by atomic mass is 35.5. The number of hydrogen-bond donors (Lipinski definition) is 2. The van der Waals surface area contributed by atoms with E-state index >= 15 is 0 Å². The van der Waals surface area contributed by atoms with E-state index in [9.17, 15) is 5.11 Å². The van der Waals surface area contributed by atoms with Gasteiger partial charge in [0, 0.05) is 38.0 Å². The normalized spacial score (nSPS) is 13.7. The third-order valence-electron chi connectivity index (χ3n) is 5.38. The van der Waals surface area contributed by atoms with Crippen LogP contribution in [0.2, 0.25) is 5.02 Å². The van der Waals surface area contributed by atoms with Crippen LogP contribution in [0.4, 0.5) is 0 Å². The van der Waals surface area contributed by atoms with E-state index in [0.29, 0.717) is 0 Å². The van der Waals surface area contributed by atoms with Gasteiger partial charge in [0.1, 0.15) is 0 Å². The number of rotatable bonds is 5. The second-order valence-electron chi connectivity index (χ2n) is 8.53. The minimum Gasteiger partial charge on any atom is -0.386 e. The quantitative estimate of drug-likeness (QED) is 0.295. The lowest BCUT2D eigenvalue weighted by molar-refractivity contribution is 0.0785. The molecule has 0 atom stereocenters. The van der Waals surface area contributed by atoms with E-state index in [0.717, 1.165) is 39.1 Å². The third kappa shape index (κ3) is 5.72. The highest BCUT2D eigenvalue weighted by Gasteiger charge is 2.19. The van der Waals surface area contributed by atoms with Crippen LogP contribution >= 0.6 is 34.9 Å². The zero-order valence-electron chi connectivity index (χ0n) is 18.2. The monoisotopic (exact) mass is 482 g/mol. The molecule has 1 aliphatic carbocycles. The molecule has 3 nitrogen and oxygen atoms in total. The van der Waals surface area contributed by atoms with E-state index in [1.54, 1.807) is 31.4 Å². The Morgan fingerprint density at radius 1 is 1.12 bits per heavy atom. The van der Waals surface area contributed by atoms with Crippen LogP contribution in [0, 0.1) is 0 Å². The first-order valence-electron chi connectivity index (χ1n) is 10.6. The Balaban J connectivity index is 0.000000433. The minimum atomic E-state index is -0.893. The summed E-state index contributed by atoms with van der Waals surface area (Å²) in [5.74, 6) is 0. The minimum absolute atomic E-state index is 0.801. The fourth-order valence-electron chi connectivity index (χ4n) is 3.40. The maximum absolute atomic E-state index is 10.3. The van der Waals surface area contributed by atoms with Gasteiger partial charge >= 0.3 is 0 Å². The van der Waals surface area contributed by atoms with Crippen LogP contribution in [-0.2, 0) is 12.0 Å². The Bertz CT molecular complexity index is 1210. The molecule has 4 aromatic rings. The number of benzene rings is 2. The number of nitrogens with two attached hydrogens (primary N) is 1. The average molecular weight is 483 g/mol. The van der Waals surface area contributed by atoms with E-state index in [2.05, 4.69) is 35.3 Å². The second-order valence-corrected chi connectivity index (χ2v) is 11.0. The van der Waals surface area contributed by atoms with Gasteiger partial charge in [-0.15, -0.1) is 11.3 Å². The van der Waals surface area contributed by atoms with Crippen molar-refractivity contribution < 1.29 is 5.11 Å². The first kappa shape index (κ1) is 23.3. The van der Waals surface area contributed by atoms with Crippen molar-refractivity contribution >= 4 is 45.0 Å². The molecular formula is C26H27ClN2OS2. The van der Waals surface area contributed by atoms with E-state index < -0.39 is 5.60 Å². The number of aliphatic hydroxyl groups is 1. The Labute approximate surface area is 202 Å². The molecule has 2 aromatic heterocycles. The molecule has 1 fully saturated rings. The Morgan fingerprint density at radius 3 is 2.56 bits per heavy atom. The standard InChI is InChI=1S/C23H20ClNOS.C3H7NS/c1-23(2,26)17-10-11-25-21(14-17)19-8-5-7-16-13-18(27-22(16)19)12-15-6-3-4-9-20(15)24;4-5-3-1-2-3/h3-11,13-14,26H,12H2,1-2H3;3H,1-2,4H2. The molecule has 0 spiro atoms. The summed E-state index contributed by atoms with van der Waals surface area (Å²) in [6.45, 7) is 3.58. The number of thiophene rings is 1. The summed E-state index contributed by atoms with van der Waals surface area (Å²) >= 11 is 9.60. The van der Waals surface area contributed by atoms with Crippen molar-refractivity contribution in [2.75, 3.05) is 0 Å². The zero-order valence-corrected chi connectivity index (χ0v) is 20.6. The van der Waals surface area contributed by atoms with Crippen molar-refractivity contribution in [3.05, 3.63) is 87.9 Å². The largest absolute Gasteiger partial charge is 0.386 e. The summed E-state index contributed by atoms with van der Waals surface area (Å²) in [5.41, 5.74) is 3.07. The van der Waals surface area contributed by atoms with Gasteiger partial charge in [0.15, 0.2) is 0 Å². The molecule has 0 unspecified atom stereocenters. The lowest BCUT2D eigenvalue weighted by Crippen LogP contribution is -2.15. The molecule has 2 aromatic carbocycles. The summed E-state index contributed by atoms with van der Waals surface area (Å²) in [7, 11) is 0. The summed E-state index contributed by atoms with van der Waals surface area (Å²) in [5, 5.41) is 18.3. The van der Waals surface area contributed by atoms with Crippen molar-refractivity contribution in [2.45, 2.75) is 44.0 Å². The van der Waals surface area contributed by atoms with Crippen LogP contribution in [0.25, 0.3) is 21.3 Å². The average Bonchev–Trinajstić information content (AvgIpc) is 3.53. The van der Waals surface area contributed by atoms with Gasteiger partial charge in [-0.25, -0.2) is 0 Å². The Kier molecular flexibility index (Phi) is 7.23. The molecular weight excluding hydrogens is 456 g/mol. The summed E-state index contributed by atoms with van der Waals surface area (Å²) in [6, 6.07) is 20.3. The predicted molar refractivity (Wildman–Crippen MR) is 139 cm³/mol. The van der Waals surface area contributed by atoms with Gasteiger partial charge in [-0.2, -0.15) is 0 Å². The molecule has 0 bridgehead atoms. The highest BCUT2D eigenvalue weighted by Crippen LogP contribution is 2.36. The molecule has 3 N–H and O–H groups in total. The van der Waals surface area contributed by atoms with Gasteiger partial charge in [0.25, 0.3) is 0 Å². The van der Waals surface area contributed by atoms with Crippen LogP contribution in [0.15, 0.2) is 66.9 Å². The smallest absolute Gasteiger partial charge is 0.0841 e. The number of aromatic nitrogens is 1. The molecule has 0 amide bonds. The van der Waals surface area contributed by atoms with Gasteiger partial charge in [0.2, 0.25) is 0 Å². The van der Waals surface area contributed by atoms with Gasteiger partial charge in [0.05, 0.1) is 11.3 Å². The number of pyridine rings is 1. The molecule has 166 valence electrons. The highest BCUT2D eigenvalue weighted by molar-refractivity contribution is 7.97.